The van der Waals surface area contributed by atoms with Crippen molar-refractivity contribution in [2.45, 2.75) is 50.0 Å². The first-order valence-corrected chi connectivity index (χ1v) is 11.8. The zero-order chi connectivity index (χ0) is 21.2. The lowest BCUT2D eigenvalue weighted by atomic mass is 9.92. The van der Waals surface area contributed by atoms with Crippen molar-refractivity contribution in [3.05, 3.63) is 52.4 Å². The number of primary sulfonamides is 1. The maximum absolute atomic E-state index is 12.9. The Labute approximate surface area is 175 Å². The molecule has 0 bridgehead atoms. The van der Waals surface area contributed by atoms with Gasteiger partial charge in [-0.05, 0) is 29.2 Å². The van der Waals surface area contributed by atoms with Gasteiger partial charge in [0.05, 0.1) is 6.54 Å². The number of nitrogens with zero attached hydrogens (tertiary/aromatic N) is 1. The summed E-state index contributed by atoms with van der Waals surface area (Å²) in [5.74, 6) is -0.0874. The Hall–Kier alpha value is -2.23. The quantitative estimate of drug-likeness (QED) is 0.723. The summed E-state index contributed by atoms with van der Waals surface area (Å²) in [6.45, 7) is 4.55. The predicted octanol–water partition coefficient (Wildman–Crippen LogP) is 2.01. The second-order valence-corrected chi connectivity index (χ2v) is 10.5. The summed E-state index contributed by atoms with van der Waals surface area (Å²) in [5, 5.41) is 7.97. The lowest BCUT2D eigenvalue weighted by Gasteiger charge is -2.36. The van der Waals surface area contributed by atoms with Crippen LogP contribution < -0.4 is 10.5 Å². The Kier molecular flexibility index (Phi) is 6.40. The van der Waals surface area contributed by atoms with E-state index in [1.54, 1.807) is 11.0 Å². The average Bonchev–Trinajstić information content (AvgIpc) is 3.14. The lowest BCUT2D eigenvalue weighted by molar-refractivity contribution is -0.142. The Morgan fingerprint density at radius 2 is 1.90 bits per heavy atom. The summed E-state index contributed by atoms with van der Waals surface area (Å²) >= 11 is 1.02. The van der Waals surface area contributed by atoms with E-state index in [2.05, 4.69) is 5.32 Å². The van der Waals surface area contributed by atoms with Gasteiger partial charge in [0, 0.05) is 24.3 Å². The highest BCUT2D eigenvalue weighted by molar-refractivity contribution is 7.91. The number of hydrogen-bond donors (Lipinski definition) is 2. The number of nitrogens with one attached hydrogen (secondary N) is 1. The van der Waals surface area contributed by atoms with Gasteiger partial charge in [0.1, 0.15) is 10.3 Å². The van der Waals surface area contributed by atoms with E-state index in [0.29, 0.717) is 24.3 Å². The fourth-order valence-corrected chi connectivity index (χ4v) is 5.10. The van der Waals surface area contributed by atoms with E-state index in [4.69, 9.17) is 5.14 Å². The van der Waals surface area contributed by atoms with Crippen molar-refractivity contribution in [2.75, 3.05) is 0 Å². The molecule has 0 aliphatic carbocycles. The Morgan fingerprint density at radius 3 is 2.52 bits per heavy atom. The SMILES string of the molecule is CC(C)CC(=O)N1Cc2ccccc2CC1C(=O)NCc1ccc(S(N)(=O)=O)s1. The minimum absolute atomic E-state index is 0.0395. The third-order valence-electron chi connectivity index (χ3n) is 4.81. The number of nitrogens with two attached hydrogens (primary N) is 1. The number of rotatable bonds is 6. The molecule has 0 saturated heterocycles. The van der Waals surface area contributed by atoms with E-state index < -0.39 is 16.1 Å². The maximum Gasteiger partial charge on any atom is 0.247 e. The summed E-state index contributed by atoms with van der Waals surface area (Å²) in [5.41, 5.74) is 2.12. The Balaban J connectivity index is 1.75. The fraction of sp³-hybridized carbons (Fsp3) is 0.400. The van der Waals surface area contributed by atoms with Gasteiger partial charge in [-0.15, -0.1) is 11.3 Å². The minimum atomic E-state index is -3.75. The summed E-state index contributed by atoms with van der Waals surface area (Å²) in [4.78, 5) is 28.1. The minimum Gasteiger partial charge on any atom is -0.349 e. The van der Waals surface area contributed by atoms with Crippen LogP contribution in [0.15, 0.2) is 40.6 Å². The molecule has 29 heavy (non-hydrogen) atoms. The van der Waals surface area contributed by atoms with Gasteiger partial charge in [0.15, 0.2) is 0 Å². The Bertz CT molecular complexity index is 1010. The molecule has 1 aromatic heterocycles. The van der Waals surface area contributed by atoms with E-state index >= 15 is 0 Å². The van der Waals surface area contributed by atoms with Crippen LogP contribution in [0.4, 0.5) is 0 Å². The molecule has 1 unspecified atom stereocenters. The predicted molar refractivity (Wildman–Crippen MR) is 111 cm³/mol. The largest absolute Gasteiger partial charge is 0.349 e. The van der Waals surface area contributed by atoms with Crippen molar-refractivity contribution in [3.63, 3.8) is 0 Å². The smallest absolute Gasteiger partial charge is 0.247 e. The standard InChI is InChI=1S/C20H25N3O4S2/c1-13(2)9-18(24)23-12-15-6-4-3-5-14(15)10-17(23)20(25)22-11-16-7-8-19(28-16)29(21,26)27/h3-8,13,17H,9-12H2,1-2H3,(H,22,25)(H2,21,26,27). The molecule has 3 N–H and O–H groups in total. The van der Waals surface area contributed by atoms with Gasteiger partial charge in [-0.1, -0.05) is 38.1 Å². The van der Waals surface area contributed by atoms with Gasteiger partial charge < -0.3 is 10.2 Å². The molecular weight excluding hydrogens is 410 g/mol. The molecule has 2 heterocycles. The molecule has 2 aromatic rings. The second-order valence-electron chi connectivity index (χ2n) is 7.59. The van der Waals surface area contributed by atoms with Crippen molar-refractivity contribution < 1.29 is 18.0 Å². The number of sulfonamides is 1. The van der Waals surface area contributed by atoms with Crippen LogP contribution in [0.25, 0.3) is 0 Å². The highest BCUT2D eigenvalue weighted by atomic mass is 32.2. The first kappa shape index (κ1) is 21.5. The van der Waals surface area contributed by atoms with Gasteiger partial charge >= 0.3 is 0 Å². The van der Waals surface area contributed by atoms with Crippen molar-refractivity contribution in [1.82, 2.24) is 10.2 Å². The van der Waals surface area contributed by atoms with Crippen LogP contribution in [0.1, 0.15) is 36.3 Å². The third kappa shape index (κ3) is 5.23. The summed E-state index contributed by atoms with van der Waals surface area (Å²) in [6.07, 6.45) is 0.841. The van der Waals surface area contributed by atoms with Crippen LogP contribution in [0, 0.1) is 5.92 Å². The molecular formula is C20H25N3O4S2. The molecule has 3 rings (SSSR count). The molecule has 0 spiro atoms. The van der Waals surface area contributed by atoms with Crippen molar-refractivity contribution >= 4 is 33.2 Å². The number of fused-ring (bicyclic) bond motifs is 1. The molecule has 1 aromatic carbocycles. The molecule has 0 saturated carbocycles. The van der Waals surface area contributed by atoms with E-state index in [9.17, 15) is 18.0 Å². The van der Waals surface area contributed by atoms with Crippen LogP contribution in [-0.4, -0.2) is 31.2 Å². The zero-order valence-electron chi connectivity index (χ0n) is 16.4. The molecule has 0 fully saturated rings. The summed E-state index contributed by atoms with van der Waals surface area (Å²) in [7, 11) is -3.75. The van der Waals surface area contributed by atoms with E-state index in [1.807, 2.05) is 38.1 Å². The number of carbonyl (C=O) groups is 2. The van der Waals surface area contributed by atoms with E-state index in [1.165, 1.54) is 6.07 Å². The van der Waals surface area contributed by atoms with Gasteiger partial charge in [0.25, 0.3) is 0 Å². The van der Waals surface area contributed by atoms with Gasteiger partial charge in [-0.25, -0.2) is 13.6 Å². The number of carbonyl (C=O) groups excluding carboxylic acids is 2. The van der Waals surface area contributed by atoms with Crippen molar-refractivity contribution in [3.8, 4) is 0 Å². The van der Waals surface area contributed by atoms with Gasteiger partial charge in [-0.2, -0.15) is 0 Å². The van der Waals surface area contributed by atoms with E-state index in [-0.39, 0.29) is 28.5 Å². The summed E-state index contributed by atoms with van der Waals surface area (Å²) in [6, 6.07) is 10.3. The van der Waals surface area contributed by atoms with Crippen LogP contribution in [0.5, 0.6) is 0 Å². The highest BCUT2D eigenvalue weighted by Gasteiger charge is 2.34. The molecule has 9 heteroatoms. The lowest BCUT2D eigenvalue weighted by Crippen LogP contribution is -2.52. The second kappa shape index (κ2) is 8.64. The summed E-state index contributed by atoms with van der Waals surface area (Å²) < 4.78 is 22.9. The molecule has 7 nitrogen and oxygen atoms in total. The molecule has 0 radical (unpaired) electrons. The first-order chi connectivity index (χ1) is 13.6. The Morgan fingerprint density at radius 1 is 1.21 bits per heavy atom. The molecule has 1 atom stereocenters. The first-order valence-electron chi connectivity index (χ1n) is 9.40. The normalized spacial score (nSPS) is 16.6. The number of thiophene rings is 1. The number of amides is 2. The average molecular weight is 436 g/mol. The topological polar surface area (TPSA) is 110 Å². The molecule has 2 amide bonds. The molecule has 156 valence electrons. The number of benzene rings is 1. The van der Waals surface area contributed by atoms with Gasteiger partial charge in [0.2, 0.25) is 21.8 Å². The van der Waals surface area contributed by atoms with Crippen LogP contribution >= 0.6 is 11.3 Å². The fourth-order valence-electron chi connectivity index (χ4n) is 3.38. The highest BCUT2D eigenvalue weighted by Crippen LogP contribution is 2.25. The van der Waals surface area contributed by atoms with Gasteiger partial charge in [-0.3, -0.25) is 9.59 Å². The van der Waals surface area contributed by atoms with Crippen LogP contribution in [0.3, 0.4) is 0 Å². The maximum atomic E-state index is 12.9. The van der Waals surface area contributed by atoms with Crippen molar-refractivity contribution in [2.24, 2.45) is 11.1 Å². The zero-order valence-corrected chi connectivity index (χ0v) is 18.1. The van der Waals surface area contributed by atoms with Crippen LogP contribution in [0.2, 0.25) is 0 Å². The molecule has 1 aliphatic rings. The third-order valence-corrected chi connectivity index (χ3v) is 7.33. The monoisotopic (exact) mass is 435 g/mol. The van der Waals surface area contributed by atoms with Crippen molar-refractivity contribution in [1.29, 1.82) is 0 Å². The van der Waals surface area contributed by atoms with Crippen LogP contribution in [-0.2, 0) is 39.1 Å². The van der Waals surface area contributed by atoms with E-state index in [0.717, 1.165) is 22.5 Å². The number of hydrogen-bond acceptors (Lipinski definition) is 5. The molecule has 1 aliphatic heterocycles.